The summed E-state index contributed by atoms with van der Waals surface area (Å²) in [6, 6.07) is 23.3. The first-order valence-corrected chi connectivity index (χ1v) is 8.57. The number of β-lactam (4-membered cyclic amide) rings is 1. The summed E-state index contributed by atoms with van der Waals surface area (Å²) in [6.45, 7) is 0. The van der Waals surface area contributed by atoms with Crippen LogP contribution in [-0.2, 0) is 11.0 Å². The van der Waals surface area contributed by atoms with E-state index in [1.165, 1.54) is 12.1 Å². The molecule has 4 rings (SSSR count). The minimum atomic E-state index is -4.38. The quantitative estimate of drug-likeness (QED) is 0.554. The van der Waals surface area contributed by atoms with Crippen molar-refractivity contribution in [2.75, 3.05) is 4.90 Å². The van der Waals surface area contributed by atoms with E-state index in [-0.39, 0.29) is 11.9 Å². The maximum absolute atomic E-state index is 12.9. The van der Waals surface area contributed by atoms with Crippen molar-refractivity contribution in [3.8, 4) is 0 Å². The van der Waals surface area contributed by atoms with E-state index in [2.05, 4.69) is 0 Å². The Morgan fingerprint density at radius 1 is 0.704 bits per heavy atom. The number of anilines is 1. The summed E-state index contributed by atoms with van der Waals surface area (Å²) < 4.78 is 38.7. The van der Waals surface area contributed by atoms with Gasteiger partial charge in [-0.2, -0.15) is 13.2 Å². The van der Waals surface area contributed by atoms with Crippen LogP contribution in [0.4, 0.5) is 18.9 Å². The number of rotatable bonds is 3. The van der Waals surface area contributed by atoms with Gasteiger partial charge in [0.05, 0.1) is 17.5 Å². The summed E-state index contributed by atoms with van der Waals surface area (Å²) in [6.07, 6.45) is -4.38. The second kappa shape index (κ2) is 6.58. The van der Waals surface area contributed by atoms with E-state index in [1.54, 1.807) is 4.90 Å². The number of amides is 1. The first-order valence-electron chi connectivity index (χ1n) is 8.57. The molecule has 2 nitrogen and oxygen atoms in total. The maximum Gasteiger partial charge on any atom is 0.416 e. The van der Waals surface area contributed by atoms with Gasteiger partial charge in [0.1, 0.15) is 0 Å². The Balaban J connectivity index is 1.75. The fraction of sp³-hybridized carbons (Fsp3) is 0.136. The summed E-state index contributed by atoms with van der Waals surface area (Å²) in [4.78, 5) is 14.6. The third-order valence-corrected chi connectivity index (χ3v) is 4.87. The van der Waals surface area contributed by atoms with Gasteiger partial charge in [0.2, 0.25) is 5.91 Å². The predicted molar refractivity (Wildman–Crippen MR) is 97.3 cm³/mol. The van der Waals surface area contributed by atoms with Crippen LogP contribution in [-0.4, -0.2) is 5.91 Å². The van der Waals surface area contributed by atoms with Crippen molar-refractivity contribution in [3.63, 3.8) is 0 Å². The highest BCUT2D eigenvalue weighted by Gasteiger charge is 2.49. The van der Waals surface area contributed by atoms with Gasteiger partial charge < -0.3 is 4.90 Å². The van der Waals surface area contributed by atoms with Gasteiger partial charge in [0.25, 0.3) is 0 Å². The van der Waals surface area contributed by atoms with Crippen LogP contribution in [0.2, 0.25) is 0 Å². The standard InChI is InChI=1S/C22H16F3NO/c23-22(24,25)17-13-11-16(12-14-17)20-19(15-7-3-1-4-8-15)21(27)26(20)18-9-5-2-6-10-18/h1-14,19-20H/t19-,20+/m0/s1. The van der Waals surface area contributed by atoms with Crippen LogP contribution in [0.3, 0.4) is 0 Å². The van der Waals surface area contributed by atoms with Crippen molar-refractivity contribution < 1.29 is 18.0 Å². The van der Waals surface area contributed by atoms with Crippen molar-refractivity contribution in [3.05, 3.63) is 102 Å². The van der Waals surface area contributed by atoms with Gasteiger partial charge >= 0.3 is 6.18 Å². The molecule has 0 N–H and O–H groups in total. The van der Waals surface area contributed by atoms with E-state index in [1.807, 2.05) is 60.7 Å². The molecule has 0 spiro atoms. The van der Waals surface area contributed by atoms with Crippen LogP contribution < -0.4 is 4.90 Å². The van der Waals surface area contributed by atoms with E-state index in [0.717, 1.165) is 23.4 Å². The third kappa shape index (κ3) is 3.10. The molecule has 1 heterocycles. The van der Waals surface area contributed by atoms with Crippen molar-refractivity contribution >= 4 is 11.6 Å². The van der Waals surface area contributed by atoms with Crippen molar-refractivity contribution in [1.82, 2.24) is 0 Å². The summed E-state index contributed by atoms with van der Waals surface area (Å²) in [5.41, 5.74) is 1.58. The SMILES string of the molecule is O=C1[C@@H](c2ccccc2)[C@@H](c2ccc(C(F)(F)F)cc2)N1c1ccccc1. The molecule has 0 aliphatic carbocycles. The summed E-state index contributed by atoms with van der Waals surface area (Å²) >= 11 is 0. The van der Waals surface area contributed by atoms with Crippen molar-refractivity contribution in [2.45, 2.75) is 18.1 Å². The molecule has 1 aliphatic rings. The fourth-order valence-corrected chi connectivity index (χ4v) is 3.56. The maximum atomic E-state index is 12.9. The van der Waals surface area contributed by atoms with E-state index in [0.29, 0.717) is 5.56 Å². The Morgan fingerprint density at radius 2 is 1.26 bits per heavy atom. The highest BCUT2D eigenvalue weighted by molar-refractivity contribution is 6.06. The number of hydrogen-bond acceptors (Lipinski definition) is 1. The lowest BCUT2D eigenvalue weighted by molar-refractivity contribution is -0.137. The molecule has 3 aromatic rings. The number of nitrogens with zero attached hydrogens (tertiary/aromatic N) is 1. The number of para-hydroxylation sites is 1. The Hall–Kier alpha value is -3.08. The second-order valence-corrected chi connectivity index (χ2v) is 6.50. The second-order valence-electron chi connectivity index (χ2n) is 6.50. The van der Waals surface area contributed by atoms with E-state index in [4.69, 9.17) is 0 Å². The number of benzene rings is 3. The highest BCUT2D eigenvalue weighted by Crippen LogP contribution is 2.49. The monoisotopic (exact) mass is 367 g/mol. The highest BCUT2D eigenvalue weighted by atomic mass is 19.4. The molecular weight excluding hydrogens is 351 g/mol. The topological polar surface area (TPSA) is 20.3 Å². The molecule has 3 aromatic carbocycles. The Labute approximate surface area is 154 Å². The summed E-state index contributed by atoms with van der Waals surface area (Å²) in [5, 5.41) is 0. The molecule has 0 aromatic heterocycles. The van der Waals surface area contributed by atoms with Crippen LogP contribution in [0.15, 0.2) is 84.9 Å². The van der Waals surface area contributed by atoms with Crippen LogP contribution in [0.5, 0.6) is 0 Å². The molecule has 27 heavy (non-hydrogen) atoms. The Morgan fingerprint density at radius 3 is 1.81 bits per heavy atom. The smallest absolute Gasteiger partial charge is 0.303 e. The number of hydrogen-bond donors (Lipinski definition) is 0. The molecule has 0 saturated carbocycles. The van der Waals surface area contributed by atoms with Crippen molar-refractivity contribution in [1.29, 1.82) is 0 Å². The molecule has 0 unspecified atom stereocenters. The van der Waals surface area contributed by atoms with E-state index >= 15 is 0 Å². The van der Waals surface area contributed by atoms with Gasteiger partial charge in [-0.3, -0.25) is 4.79 Å². The summed E-state index contributed by atoms with van der Waals surface area (Å²) in [7, 11) is 0. The molecule has 1 fully saturated rings. The Bertz CT molecular complexity index is 887. The fourth-order valence-electron chi connectivity index (χ4n) is 3.56. The lowest BCUT2D eigenvalue weighted by atomic mass is 9.77. The molecular formula is C22H16F3NO. The first-order chi connectivity index (χ1) is 13.0. The van der Waals surface area contributed by atoms with Crippen LogP contribution >= 0.6 is 0 Å². The lowest BCUT2D eigenvalue weighted by Gasteiger charge is -2.47. The minimum Gasteiger partial charge on any atom is -0.303 e. The van der Waals surface area contributed by atoms with Gasteiger partial charge in [0, 0.05) is 5.69 Å². The molecule has 1 saturated heterocycles. The van der Waals surface area contributed by atoms with E-state index < -0.39 is 17.7 Å². The lowest BCUT2D eigenvalue weighted by Crippen LogP contribution is -2.53. The van der Waals surface area contributed by atoms with Gasteiger partial charge in [-0.15, -0.1) is 0 Å². The van der Waals surface area contributed by atoms with Gasteiger partial charge in [-0.25, -0.2) is 0 Å². The number of carbonyl (C=O) groups is 1. The van der Waals surface area contributed by atoms with E-state index in [9.17, 15) is 18.0 Å². The largest absolute Gasteiger partial charge is 0.416 e. The number of halogens is 3. The molecule has 1 aliphatic heterocycles. The third-order valence-electron chi connectivity index (χ3n) is 4.87. The van der Waals surface area contributed by atoms with Crippen LogP contribution in [0.1, 0.15) is 28.7 Å². The Kier molecular flexibility index (Phi) is 4.22. The summed E-state index contributed by atoms with van der Waals surface area (Å²) in [5.74, 6) is -0.472. The average Bonchev–Trinajstić information content (AvgIpc) is 2.67. The minimum absolute atomic E-state index is 0.0581. The molecule has 5 heteroatoms. The van der Waals surface area contributed by atoms with Gasteiger partial charge in [-0.1, -0.05) is 60.7 Å². The van der Waals surface area contributed by atoms with Crippen molar-refractivity contribution in [2.24, 2.45) is 0 Å². The average molecular weight is 367 g/mol. The molecule has 136 valence electrons. The van der Waals surface area contributed by atoms with Crippen LogP contribution in [0.25, 0.3) is 0 Å². The zero-order chi connectivity index (χ0) is 19.0. The number of carbonyl (C=O) groups excluding carboxylic acids is 1. The zero-order valence-corrected chi connectivity index (χ0v) is 14.2. The number of alkyl halides is 3. The first kappa shape index (κ1) is 17.3. The normalized spacial score (nSPS) is 19.7. The molecule has 0 bridgehead atoms. The van der Waals surface area contributed by atoms with Gasteiger partial charge in [-0.05, 0) is 35.4 Å². The van der Waals surface area contributed by atoms with Gasteiger partial charge in [0.15, 0.2) is 0 Å². The van der Waals surface area contributed by atoms with Crippen LogP contribution in [0, 0.1) is 0 Å². The molecule has 0 radical (unpaired) electrons. The predicted octanol–water partition coefficient (Wildman–Crippen LogP) is 5.58. The molecule has 2 atom stereocenters. The zero-order valence-electron chi connectivity index (χ0n) is 14.2. The molecule has 1 amide bonds.